The maximum Gasteiger partial charge on any atom is 0.125 e. The van der Waals surface area contributed by atoms with E-state index in [1.807, 2.05) is 0 Å². The standard InChI is InChI=1S/C14H28B/c1-5-6-11-14(4)12-9-7-8-10-13(2,3)15-14/h5-12H2,1-4H3. The molecule has 0 spiro atoms. The Morgan fingerprint density at radius 1 is 1.00 bits per heavy atom. The SMILES string of the molecule is CCCCC1(C)[B]C(C)(C)CCCCC1. The molecule has 0 nitrogen and oxygen atoms in total. The predicted octanol–water partition coefficient (Wildman–Crippen LogP) is 5.22. The van der Waals surface area contributed by atoms with Gasteiger partial charge in [0, 0.05) is 0 Å². The molecule has 0 bridgehead atoms. The molecule has 1 unspecified atom stereocenters. The summed E-state index contributed by atoms with van der Waals surface area (Å²) in [4.78, 5) is 0. The first-order chi connectivity index (χ1) is 6.97. The van der Waals surface area contributed by atoms with Crippen LogP contribution in [-0.2, 0) is 0 Å². The third kappa shape index (κ3) is 4.61. The maximum absolute atomic E-state index is 2.68. The summed E-state index contributed by atoms with van der Waals surface area (Å²) in [7, 11) is 2.68. The highest BCUT2D eigenvalue weighted by Gasteiger charge is 2.33. The molecule has 0 saturated carbocycles. The van der Waals surface area contributed by atoms with E-state index < -0.39 is 0 Å². The van der Waals surface area contributed by atoms with Crippen molar-refractivity contribution < 1.29 is 0 Å². The first kappa shape index (κ1) is 13.1. The Morgan fingerprint density at radius 3 is 2.33 bits per heavy atom. The predicted molar refractivity (Wildman–Crippen MR) is 70.8 cm³/mol. The second-order valence-electron chi connectivity index (χ2n) is 6.45. The number of rotatable bonds is 3. The minimum Gasteiger partial charge on any atom is -0.0671 e. The van der Waals surface area contributed by atoms with Gasteiger partial charge in [-0.05, 0) is 0 Å². The van der Waals surface area contributed by atoms with Gasteiger partial charge in [-0.15, -0.1) is 0 Å². The lowest BCUT2D eigenvalue weighted by Crippen LogP contribution is -2.28. The van der Waals surface area contributed by atoms with Crippen LogP contribution in [0.4, 0.5) is 0 Å². The van der Waals surface area contributed by atoms with E-state index in [2.05, 4.69) is 35.0 Å². The zero-order chi connectivity index (χ0) is 11.4. The molecule has 0 aromatic heterocycles. The molecule has 1 aliphatic rings. The first-order valence-electron chi connectivity index (χ1n) is 6.85. The van der Waals surface area contributed by atoms with Gasteiger partial charge in [-0.25, -0.2) is 0 Å². The van der Waals surface area contributed by atoms with Gasteiger partial charge in [-0.3, -0.25) is 0 Å². The van der Waals surface area contributed by atoms with Crippen LogP contribution in [0, 0.1) is 0 Å². The molecule has 0 aliphatic carbocycles. The minimum absolute atomic E-state index is 0.461. The Labute approximate surface area is 97.5 Å². The molecule has 87 valence electrons. The molecular weight excluding hydrogens is 179 g/mol. The highest BCUT2D eigenvalue weighted by Crippen LogP contribution is 2.47. The van der Waals surface area contributed by atoms with Crippen LogP contribution in [-0.4, -0.2) is 7.28 Å². The van der Waals surface area contributed by atoms with Crippen molar-refractivity contribution in [1.82, 2.24) is 0 Å². The molecule has 0 N–H and O–H groups in total. The van der Waals surface area contributed by atoms with Crippen molar-refractivity contribution in [1.29, 1.82) is 0 Å². The van der Waals surface area contributed by atoms with Crippen molar-refractivity contribution >= 4 is 7.28 Å². The number of hydrogen-bond donors (Lipinski definition) is 0. The van der Waals surface area contributed by atoms with Gasteiger partial charge in [-0.1, -0.05) is 89.7 Å². The van der Waals surface area contributed by atoms with E-state index in [-0.39, 0.29) is 0 Å². The van der Waals surface area contributed by atoms with Gasteiger partial charge in [0.25, 0.3) is 0 Å². The van der Waals surface area contributed by atoms with Gasteiger partial charge in [-0.2, -0.15) is 0 Å². The highest BCUT2D eigenvalue weighted by molar-refractivity contribution is 6.43. The van der Waals surface area contributed by atoms with Gasteiger partial charge >= 0.3 is 0 Å². The Balaban J connectivity index is 2.58. The van der Waals surface area contributed by atoms with E-state index in [0.717, 1.165) is 0 Å². The van der Waals surface area contributed by atoms with Crippen LogP contribution in [0.3, 0.4) is 0 Å². The maximum atomic E-state index is 2.68. The monoisotopic (exact) mass is 207 g/mol. The van der Waals surface area contributed by atoms with Crippen molar-refractivity contribution in [2.45, 2.75) is 89.7 Å². The van der Waals surface area contributed by atoms with E-state index in [9.17, 15) is 0 Å². The van der Waals surface area contributed by atoms with E-state index >= 15 is 0 Å². The van der Waals surface area contributed by atoms with Crippen molar-refractivity contribution in [3.8, 4) is 0 Å². The summed E-state index contributed by atoms with van der Waals surface area (Å²) in [6.45, 7) is 9.62. The van der Waals surface area contributed by atoms with Gasteiger partial charge in [0.05, 0.1) is 0 Å². The molecule has 1 rings (SSSR count). The Bertz CT molecular complexity index is 182. The van der Waals surface area contributed by atoms with E-state index in [1.165, 1.54) is 51.4 Å². The average Bonchev–Trinajstić information content (AvgIpc) is 2.11. The zero-order valence-corrected chi connectivity index (χ0v) is 11.2. The van der Waals surface area contributed by atoms with Gasteiger partial charge in [0.2, 0.25) is 0 Å². The van der Waals surface area contributed by atoms with Crippen LogP contribution in [0.2, 0.25) is 10.6 Å². The Hall–Kier alpha value is 0.0649. The quantitative estimate of drug-likeness (QED) is 0.556. The molecule has 1 heterocycles. The fraction of sp³-hybridized carbons (Fsp3) is 1.00. The zero-order valence-electron chi connectivity index (χ0n) is 11.2. The lowest BCUT2D eigenvalue weighted by Gasteiger charge is -2.39. The van der Waals surface area contributed by atoms with Crippen LogP contribution >= 0.6 is 0 Å². The van der Waals surface area contributed by atoms with Crippen LogP contribution in [0.25, 0.3) is 0 Å². The molecule has 1 atom stereocenters. The Kier molecular flexibility index (Phi) is 4.74. The summed E-state index contributed by atoms with van der Waals surface area (Å²) in [5.41, 5.74) is 0. The summed E-state index contributed by atoms with van der Waals surface area (Å²) < 4.78 is 0. The normalized spacial score (nSPS) is 31.5. The lowest BCUT2D eigenvalue weighted by molar-refractivity contribution is 0.409. The van der Waals surface area contributed by atoms with Crippen molar-refractivity contribution in [2.24, 2.45) is 0 Å². The lowest BCUT2D eigenvalue weighted by atomic mass is 9.36. The first-order valence-corrected chi connectivity index (χ1v) is 6.85. The minimum atomic E-state index is 0.461. The summed E-state index contributed by atoms with van der Waals surface area (Å²) in [5.74, 6) is 0. The molecule has 1 aliphatic heterocycles. The summed E-state index contributed by atoms with van der Waals surface area (Å²) in [5, 5.41) is 0.975. The van der Waals surface area contributed by atoms with Crippen molar-refractivity contribution in [3.05, 3.63) is 0 Å². The fourth-order valence-electron chi connectivity index (χ4n) is 3.15. The van der Waals surface area contributed by atoms with Gasteiger partial charge in [0.15, 0.2) is 0 Å². The van der Waals surface area contributed by atoms with Crippen LogP contribution in [0.15, 0.2) is 0 Å². The molecule has 0 amide bonds. The largest absolute Gasteiger partial charge is 0.125 e. The van der Waals surface area contributed by atoms with E-state index in [1.54, 1.807) is 0 Å². The fourth-order valence-corrected chi connectivity index (χ4v) is 3.15. The van der Waals surface area contributed by atoms with Gasteiger partial charge < -0.3 is 0 Å². The molecule has 15 heavy (non-hydrogen) atoms. The highest BCUT2D eigenvalue weighted by atomic mass is 14.3. The van der Waals surface area contributed by atoms with Gasteiger partial charge in [0.1, 0.15) is 7.28 Å². The average molecular weight is 207 g/mol. The van der Waals surface area contributed by atoms with E-state index in [0.29, 0.717) is 10.6 Å². The number of unbranched alkanes of at least 4 members (excludes halogenated alkanes) is 1. The summed E-state index contributed by atoms with van der Waals surface area (Å²) in [6, 6.07) is 0. The van der Waals surface area contributed by atoms with Crippen molar-refractivity contribution in [2.75, 3.05) is 0 Å². The third-order valence-electron chi connectivity index (χ3n) is 3.91. The molecule has 1 heteroatoms. The molecule has 0 aromatic carbocycles. The summed E-state index contributed by atoms with van der Waals surface area (Å²) in [6.07, 6.45) is 11.2. The molecule has 1 fully saturated rings. The smallest absolute Gasteiger partial charge is 0.0671 e. The van der Waals surface area contributed by atoms with Crippen LogP contribution in [0.5, 0.6) is 0 Å². The van der Waals surface area contributed by atoms with Crippen LogP contribution < -0.4 is 0 Å². The number of hydrogen-bond acceptors (Lipinski definition) is 0. The molecule has 0 aromatic rings. The van der Waals surface area contributed by atoms with E-state index in [4.69, 9.17) is 0 Å². The second-order valence-corrected chi connectivity index (χ2v) is 6.45. The molecule has 1 radical (unpaired) electrons. The topological polar surface area (TPSA) is 0 Å². The molecular formula is C14H28B. The Morgan fingerprint density at radius 2 is 1.67 bits per heavy atom. The van der Waals surface area contributed by atoms with Crippen molar-refractivity contribution in [3.63, 3.8) is 0 Å². The molecule has 1 saturated heterocycles. The van der Waals surface area contributed by atoms with Crippen LogP contribution in [0.1, 0.15) is 79.1 Å². The second kappa shape index (κ2) is 5.41. The summed E-state index contributed by atoms with van der Waals surface area (Å²) >= 11 is 0. The third-order valence-corrected chi connectivity index (χ3v) is 3.91.